The van der Waals surface area contributed by atoms with Gasteiger partial charge in [-0.1, -0.05) is 37.2 Å². The number of nitrogens with one attached hydrogen (secondary N) is 1. The van der Waals surface area contributed by atoms with E-state index in [1.165, 1.54) is 7.11 Å². The zero-order chi connectivity index (χ0) is 20.4. The van der Waals surface area contributed by atoms with Gasteiger partial charge < -0.3 is 19.6 Å². The Morgan fingerprint density at radius 3 is 2.50 bits per heavy atom. The lowest BCUT2D eigenvalue weighted by molar-refractivity contribution is 0.0951. The average Bonchev–Trinajstić information content (AvgIpc) is 2.71. The molecule has 0 spiro atoms. The van der Waals surface area contributed by atoms with Crippen LogP contribution in [-0.4, -0.2) is 32.9 Å². The first-order valence-corrected chi connectivity index (χ1v) is 9.28. The highest BCUT2D eigenvalue weighted by molar-refractivity contribution is 5.95. The van der Waals surface area contributed by atoms with E-state index in [1.54, 1.807) is 25.5 Å². The molecule has 0 aliphatic rings. The summed E-state index contributed by atoms with van der Waals surface area (Å²) in [6, 6.07) is 12.8. The van der Waals surface area contributed by atoms with Gasteiger partial charge in [0.1, 0.15) is 7.11 Å². The molecule has 0 saturated carbocycles. The molecule has 0 radical (unpaired) electrons. The summed E-state index contributed by atoms with van der Waals surface area (Å²) in [6.45, 7) is 5.36. The Balaban J connectivity index is 1.94. The number of carbonyl (C=O) groups is 1. The van der Waals surface area contributed by atoms with Crippen LogP contribution in [0.4, 0.5) is 0 Å². The third-order valence-electron chi connectivity index (χ3n) is 4.11. The van der Waals surface area contributed by atoms with Gasteiger partial charge in [0.15, 0.2) is 11.5 Å². The summed E-state index contributed by atoms with van der Waals surface area (Å²) in [4.78, 5) is 17.0. The van der Waals surface area contributed by atoms with Gasteiger partial charge in [-0.05, 0) is 47.7 Å². The maximum absolute atomic E-state index is 12.3. The van der Waals surface area contributed by atoms with Crippen molar-refractivity contribution in [2.75, 3.05) is 20.8 Å². The summed E-state index contributed by atoms with van der Waals surface area (Å²) in [7, 11) is 3.10. The van der Waals surface area contributed by atoms with Crippen molar-refractivity contribution in [3.8, 4) is 11.5 Å². The summed E-state index contributed by atoms with van der Waals surface area (Å²) in [5, 5.41) is 6.61. The summed E-state index contributed by atoms with van der Waals surface area (Å²) < 4.78 is 11.2. The van der Waals surface area contributed by atoms with Crippen LogP contribution >= 0.6 is 0 Å². The van der Waals surface area contributed by atoms with Gasteiger partial charge in [0.25, 0.3) is 5.91 Å². The molecule has 0 fully saturated rings. The van der Waals surface area contributed by atoms with Gasteiger partial charge in [0, 0.05) is 12.1 Å². The molecule has 6 nitrogen and oxygen atoms in total. The molecule has 0 saturated heterocycles. The van der Waals surface area contributed by atoms with Crippen molar-refractivity contribution in [3.63, 3.8) is 0 Å². The van der Waals surface area contributed by atoms with E-state index in [2.05, 4.69) is 29.2 Å². The van der Waals surface area contributed by atoms with Crippen molar-refractivity contribution in [1.29, 1.82) is 0 Å². The van der Waals surface area contributed by atoms with Crippen LogP contribution in [0.2, 0.25) is 0 Å². The molecule has 1 amide bonds. The minimum absolute atomic E-state index is 0.147. The Morgan fingerprint density at radius 1 is 1.11 bits per heavy atom. The minimum Gasteiger partial charge on any atom is -0.493 e. The topological polar surface area (TPSA) is 69.2 Å². The third kappa shape index (κ3) is 6.61. The molecule has 0 atom stereocenters. The van der Waals surface area contributed by atoms with E-state index in [0.29, 0.717) is 36.1 Å². The van der Waals surface area contributed by atoms with E-state index in [4.69, 9.17) is 9.47 Å². The van der Waals surface area contributed by atoms with E-state index >= 15 is 0 Å². The Morgan fingerprint density at radius 2 is 1.86 bits per heavy atom. The molecule has 2 aromatic rings. The second-order valence-electron chi connectivity index (χ2n) is 6.74. The summed E-state index contributed by atoms with van der Waals surface area (Å²) in [5.74, 6) is 1.82. The third-order valence-corrected chi connectivity index (χ3v) is 4.11. The number of hydrogen-bond acceptors (Lipinski definition) is 5. The lowest BCUT2D eigenvalue weighted by Crippen LogP contribution is -2.22. The smallest absolute Gasteiger partial charge is 0.251 e. The quantitative estimate of drug-likeness (QED) is 0.496. The number of hydrogen-bond donors (Lipinski definition) is 1. The Hall–Kier alpha value is -3.02. The summed E-state index contributed by atoms with van der Waals surface area (Å²) >= 11 is 0. The maximum Gasteiger partial charge on any atom is 0.251 e. The van der Waals surface area contributed by atoms with Crippen LogP contribution in [0.25, 0.3) is 0 Å². The molecule has 0 aliphatic carbocycles. The van der Waals surface area contributed by atoms with Crippen molar-refractivity contribution >= 4 is 12.1 Å². The number of amides is 1. The number of nitrogens with zero attached hydrogens (tertiary/aromatic N) is 1. The lowest BCUT2D eigenvalue weighted by atomic mass is 10.1. The fourth-order valence-corrected chi connectivity index (χ4v) is 2.46. The molecule has 0 aliphatic heterocycles. The van der Waals surface area contributed by atoms with Gasteiger partial charge in [-0.3, -0.25) is 4.79 Å². The van der Waals surface area contributed by atoms with Crippen LogP contribution in [0.3, 0.4) is 0 Å². The number of rotatable bonds is 10. The predicted octanol–water partition coefficient (Wildman–Crippen LogP) is 4.03. The number of oxime groups is 1. The molecule has 2 aromatic carbocycles. The van der Waals surface area contributed by atoms with Crippen molar-refractivity contribution in [1.82, 2.24) is 5.32 Å². The highest BCUT2D eigenvalue weighted by Crippen LogP contribution is 2.28. The zero-order valence-corrected chi connectivity index (χ0v) is 16.9. The Kier molecular flexibility index (Phi) is 8.34. The van der Waals surface area contributed by atoms with Gasteiger partial charge in [0.2, 0.25) is 0 Å². The van der Waals surface area contributed by atoms with E-state index < -0.39 is 0 Å². The van der Waals surface area contributed by atoms with E-state index in [0.717, 1.165) is 17.5 Å². The minimum atomic E-state index is -0.147. The van der Waals surface area contributed by atoms with Gasteiger partial charge >= 0.3 is 0 Å². The SMILES string of the molecule is CO/N=C/c1ccc(C(=O)NCc2ccc(OCCC(C)C)c(OC)c2)cc1. The molecule has 0 bridgehead atoms. The van der Waals surface area contributed by atoms with Crippen LogP contribution in [0.5, 0.6) is 11.5 Å². The maximum atomic E-state index is 12.3. The molecule has 0 aromatic heterocycles. The van der Waals surface area contributed by atoms with Crippen molar-refractivity contribution in [2.45, 2.75) is 26.8 Å². The molecular weight excluding hydrogens is 356 g/mol. The fraction of sp³-hybridized carbons (Fsp3) is 0.364. The molecule has 0 heterocycles. The van der Waals surface area contributed by atoms with Gasteiger partial charge in [0.05, 0.1) is 19.9 Å². The van der Waals surface area contributed by atoms with Crippen LogP contribution in [0.15, 0.2) is 47.6 Å². The molecule has 28 heavy (non-hydrogen) atoms. The largest absolute Gasteiger partial charge is 0.493 e. The van der Waals surface area contributed by atoms with Crippen molar-refractivity contribution in [3.05, 3.63) is 59.2 Å². The first-order valence-electron chi connectivity index (χ1n) is 9.28. The van der Waals surface area contributed by atoms with Crippen molar-refractivity contribution in [2.24, 2.45) is 11.1 Å². The first-order chi connectivity index (χ1) is 13.5. The summed E-state index contributed by atoms with van der Waals surface area (Å²) in [6.07, 6.45) is 2.57. The van der Waals surface area contributed by atoms with E-state index in [1.807, 2.05) is 30.3 Å². The molecule has 2 rings (SSSR count). The number of methoxy groups -OCH3 is 1. The monoisotopic (exact) mass is 384 g/mol. The first kappa shape index (κ1) is 21.3. The summed E-state index contributed by atoms with van der Waals surface area (Å²) in [5.41, 5.74) is 2.37. The highest BCUT2D eigenvalue weighted by atomic mass is 16.6. The fourth-order valence-electron chi connectivity index (χ4n) is 2.46. The molecule has 150 valence electrons. The van der Waals surface area contributed by atoms with Crippen molar-refractivity contribution < 1.29 is 19.1 Å². The van der Waals surface area contributed by atoms with Crippen LogP contribution in [0, 0.1) is 5.92 Å². The van der Waals surface area contributed by atoms with Gasteiger partial charge in [-0.25, -0.2) is 0 Å². The lowest BCUT2D eigenvalue weighted by Gasteiger charge is -2.13. The number of benzene rings is 2. The van der Waals surface area contributed by atoms with Crippen LogP contribution in [-0.2, 0) is 11.4 Å². The second-order valence-corrected chi connectivity index (χ2v) is 6.74. The second kappa shape index (κ2) is 11.0. The Bertz CT molecular complexity index is 786. The predicted molar refractivity (Wildman–Crippen MR) is 110 cm³/mol. The highest BCUT2D eigenvalue weighted by Gasteiger charge is 2.09. The molecule has 0 unspecified atom stereocenters. The zero-order valence-electron chi connectivity index (χ0n) is 16.9. The number of ether oxygens (including phenoxy) is 2. The van der Waals surface area contributed by atoms with E-state index in [-0.39, 0.29) is 5.91 Å². The molecule has 1 N–H and O–H groups in total. The number of carbonyl (C=O) groups excluding carboxylic acids is 1. The standard InChI is InChI=1S/C22H28N2O4/c1-16(2)11-12-28-20-10-7-18(13-21(20)26-3)14-23-22(25)19-8-5-17(6-9-19)15-24-27-4/h5-10,13,15-16H,11-12,14H2,1-4H3,(H,23,25)/b24-15+. The molecule has 6 heteroatoms. The Labute approximate surface area is 166 Å². The molecular formula is C22H28N2O4. The van der Waals surface area contributed by atoms with E-state index in [9.17, 15) is 4.79 Å². The van der Waals surface area contributed by atoms with Crippen LogP contribution < -0.4 is 14.8 Å². The van der Waals surface area contributed by atoms with Gasteiger partial charge in [-0.2, -0.15) is 0 Å². The van der Waals surface area contributed by atoms with Gasteiger partial charge in [-0.15, -0.1) is 0 Å². The average molecular weight is 384 g/mol. The normalized spacial score (nSPS) is 10.9. The van der Waals surface area contributed by atoms with Crippen LogP contribution in [0.1, 0.15) is 41.8 Å².